The van der Waals surface area contributed by atoms with Crippen LogP contribution in [-0.4, -0.2) is 56.4 Å². The van der Waals surface area contributed by atoms with Crippen molar-refractivity contribution in [1.82, 2.24) is 20.9 Å². The first-order valence-corrected chi connectivity index (χ1v) is 10.0. The molecular weight excluding hydrogens is 481 g/mol. The Morgan fingerprint density at radius 2 is 1.72 bits per heavy atom. The molecule has 0 radical (unpaired) electrons. The van der Waals surface area contributed by atoms with Crippen molar-refractivity contribution >= 4 is 41.8 Å². The molecule has 1 aliphatic carbocycles. The van der Waals surface area contributed by atoms with E-state index in [2.05, 4.69) is 20.9 Å². The second-order valence-electron chi connectivity index (χ2n) is 7.40. The number of carbonyl (C=O) groups excluding carboxylic acids is 2. The van der Waals surface area contributed by atoms with Gasteiger partial charge in [0.15, 0.2) is 5.96 Å². The van der Waals surface area contributed by atoms with Gasteiger partial charge in [-0.25, -0.2) is 0 Å². The van der Waals surface area contributed by atoms with Crippen LogP contribution in [0.25, 0.3) is 0 Å². The van der Waals surface area contributed by atoms with Crippen molar-refractivity contribution in [2.75, 3.05) is 27.7 Å². The van der Waals surface area contributed by atoms with Crippen molar-refractivity contribution in [1.29, 1.82) is 0 Å². The van der Waals surface area contributed by atoms with Crippen molar-refractivity contribution in [3.63, 3.8) is 0 Å². The minimum atomic E-state index is -0.0107. The first kappa shape index (κ1) is 25.2. The minimum Gasteiger partial charge on any atom is -0.356 e. The molecule has 0 unspecified atom stereocenters. The molecule has 1 aliphatic rings. The smallest absolute Gasteiger partial charge is 0.253 e. The number of hydrogen-bond donors (Lipinski definition) is 3. The van der Waals surface area contributed by atoms with Crippen LogP contribution in [0, 0.1) is 0 Å². The van der Waals surface area contributed by atoms with Crippen LogP contribution in [0.2, 0.25) is 0 Å². The van der Waals surface area contributed by atoms with Gasteiger partial charge in [-0.05, 0) is 30.5 Å². The number of benzene rings is 1. The van der Waals surface area contributed by atoms with E-state index in [0.29, 0.717) is 37.1 Å². The molecule has 8 heteroatoms. The summed E-state index contributed by atoms with van der Waals surface area (Å²) in [4.78, 5) is 29.7. The van der Waals surface area contributed by atoms with Gasteiger partial charge < -0.3 is 20.9 Å². The zero-order valence-electron chi connectivity index (χ0n) is 17.7. The predicted molar refractivity (Wildman–Crippen MR) is 128 cm³/mol. The Hall–Kier alpha value is -1.84. The number of hydrogen-bond acceptors (Lipinski definition) is 3. The molecule has 162 valence electrons. The molecule has 0 aliphatic heterocycles. The molecule has 0 bridgehead atoms. The highest BCUT2D eigenvalue weighted by Crippen LogP contribution is 2.17. The first-order valence-electron chi connectivity index (χ1n) is 10.0. The molecule has 2 amide bonds. The van der Waals surface area contributed by atoms with E-state index in [1.165, 1.54) is 19.3 Å². The number of amides is 2. The van der Waals surface area contributed by atoms with Crippen molar-refractivity contribution in [2.24, 2.45) is 4.99 Å². The molecule has 2 rings (SSSR count). The predicted octanol–water partition coefficient (Wildman–Crippen LogP) is 2.51. The van der Waals surface area contributed by atoms with Gasteiger partial charge in [-0.15, -0.1) is 24.0 Å². The van der Waals surface area contributed by atoms with Crippen molar-refractivity contribution in [3.8, 4) is 0 Å². The average molecular weight is 515 g/mol. The SMILES string of the molecule is CN=C(NCCC(=O)NC1CCCCC1)NCc1ccc(C(=O)N(C)C)cc1.I. The second-order valence-corrected chi connectivity index (χ2v) is 7.40. The number of carbonyl (C=O) groups is 2. The summed E-state index contributed by atoms with van der Waals surface area (Å²) in [6, 6.07) is 7.85. The van der Waals surface area contributed by atoms with Gasteiger partial charge in [-0.3, -0.25) is 14.6 Å². The highest BCUT2D eigenvalue weighted by atomic mass is 127. The third-order valence-corrected chi connectivity index (χ3v) is 4.91. The van der Waals surface area contributed by atoms with Crippen LogP contribution in [-0.2, 0) is 11.3 Å². The number of rotatable bonds is 7. The Morgan fingerprint density at radius 1 is 1.07 bits per heavy atom. The third-order valence-electron chi connectivity index (χ3n) is 4.91. The van der Waals surface area contributed by atoms with Gasteiger partial charge in [-0.1, -0.05) is 31.4 Å². The molecule has 1 aromatic carbocycles. The maximum atomic E-state index is 12.1. The number of aliphatic imine (C=N–C) groups is 1. The van der Waals surface area contributed by atoms with Crippen molar-refractivity contribution < 1.29 is 9.59 Å². The Balaban J connectivity index is 0.00000420. The van der Waals surface area contributed by atoms with Crippen LogP contribution in [0.15, 0.2) is 29.3 Å². The summed E-state index contributed by atoms with van der Waals surface area (Å²) in [6.45, 7) is 1.12. The molecule has 0 spiro atoms. The zero-order chi connectivity index (χ0) is 20.4. The van der Waals surface area contributed by atoms with Gasteiger partial charge >= 0.3 is 0 Å². The number of nitrogens with zero attached hydrogens (tertiary/aromatic N) is 2. The summed E-state index contributed by atoms with van der Waals surface area (Å²) in [5, 5.41) is 9.51. The largest absolute Gasteiger partial charge is 0.356 e. The van der Waals surface area contributed by atoms with Crippen molar-refractivity contribution in [3.05, 3.63) is 35.4 Å². The maximum Gasteiger partial charge on any atom is 0.253 e. The lowest BCUT2D eigenvalue weighted by Crippen LogP contribution is -2.41. The minimum absolute atomic E-state index is 0. The second kappa shape index (κ2) is 13.4. The van der Waals surface area contributed by atoms with Crippen LogP contribution < -0.4 is 16.0 Å². The Bertz CT molecular complexity index is 670. The summed E-state index contributed by atoms with van der Waals surface area (Å²) >= 11 is 0. The molecule has 0 atom stereocenters. The number of guanidine groups is 1. The molecule has 0 saturated heterocycles. The van der Waals surface area contributed by atoms with E-state index in [9.17, 15) is 9.59 Å². The van der Waals surface area contributed by atoms with Crippen LogP contribution in [0.3, 0.4) is 0 Å². The standard InChI is InChI=1S/C21H33N5O2.HI/c1-22-21(23-14-13-19(27)25-18-7-5-4-6-8-18)24-15-16-9-11-17(12-10-16)20(28)26(2)3;/h9-12,18H,4-8,13-15H2,1-3H3,(H,25,27)(H2,22,23,24);1H. The van der Waals surface area contributed by atoms with E-state index in [1.807, 2.05) is 24.3 Å². The maximum absolute atomic E-state index is 12.1. The lowest BCUT2D eigenvalue weighted by Gasteiger charge is -2.22. The zero-order valence-corrected chi connectivity index (χ0v) is 20.0. The monoisotopic (exact) mass is 515 g/mol. The lowest BCUT2D eigenvalue weighted by molar-refractivity contribution is -0.121. The lowest BCUT2D eigenvalue weighted by atomic mass is 9.95. The fraction of sp³-hybridized carbons (Fsp3) is 0.571. The first-order chi connectivity index (χ1) is 13.5. The Kier molecular flexibility index (Phi) is 11.6. The number of halogens is 1. The summed E-state index contributed by atoms with van der Waals surface area (Å²) in [7, 11) is 5.18. The third kappa shape index (κ3) is 9.01. The van der Waals surface area contributed by atoms with Crippen molar-refractivity contribution in [2.45, 2.75) is 51.1 Å². The fourth-order valence-corrected chi connectivity index (χ4v) is 3.27. The van der Waals surface area contributed by atoms with E-state index < -0.39 is 0 Å². The summed E-state index contributed by atoms with van der Waals surface area (Å²) < 4.78 is 0. The normalized spacial score (nSPS) is 14.5. The Morgan fingerprint density at radius 3 is 2.31 bits per heavy atom. The molecule has 1 fully saturated rings. The van der Waals surface area contributed by atoms with E-state index in [4.69, 9.17) is 0 Å². The van der Waals surface area contributed by atoms with Gasteiger partial charge in [0.05, 0.1) is 0 Å². The average Bonchev–Trinajstić information content (AvgIpc) is 2.71. The van der Waals surface area contributed by atoms with Gasteiger partial charge in [0.1, 0.15) is 0 Å². The molecule has 3 N–H and O–H groups in total. The van der Waals surface area contributed by atoms with E-state index >= 15 is 0 Å². The van der Waals surface area contributed by atoms with Gasteiger partial charge in [-0.2, -0.15) is 0 Å². The van der Waals surface area contributed by atoms with Gasteiger partial charge in [0.2, 0.25) is 5.91 Å². The van der Waals surface area contributed by atoms with Crippen LogP contribution in [0.5, 0.6) is 0 Å². The summed E-state index contributed by atoms with van der Waals surface area (Å²) in [5.41, 5.74) is 1.72. The highest BCUT2D eigenvalue weighted by Gasteiger charge is 2.15. The molecule has 1 aromatic rings. The van der Waals surface area contributed by atoms with Crippen LogP contribution in [0.4, 0.5) is 0 Å². The molecule has 7 nitrogen and oxygen atoms in total. The van der Waals surface area contributed by atoms with E-state index in [1.54, 1.807) is 26.0 Å². The van der Waals surface area contributed by atoms with Crippen LogP contribution in [0.1, 0.15) is 54.4 Å². The molecule has 29 heavy (non-hydrogen) atoms. The summed E-state index contributed by atoms with van der Waals surface area (Å²) in [6.07, 6.45) is 6.33. The summed E-state index contributed by atoms with van der Waals surface area (Å²) in [5.74, 6) is 0.735. The fourth-order valence-electron chi connectivity index (χ4n) is 3.27. The Labute approximate surface area is 191 Å². The highest BCUT2D eigenvalue weighted by molar-refractivity contribution is 14.0. The van der Waals surface area contributed by atoms with E-state index in [-0.39, 0.29) is 35.8 Å². The number of nitrogens with one attached hydrogen (secondary N) is 3. The quantitative estimate of drug-likeness (QED) is 0.296. The van der Waals surface area contributed by atoms with E-state index in [0.717, 1.165) is 18.4 Å². The molecule has 0 heterocycles. The van der Waals surface area contributed by atoms with Gasteiger partial charge in [0, 0.05) is 52.3 Å². The van der Waals surface area contributed by atoms with Gasteiger partial charge in [0.25, 0.3) is 5.91 Å². The molecular formula is C21H34IN5O2. The topological polar surface area (TPSA) is 85.8 Å². The molecule has 1 saturated carbocycles. The van der Waals surface area contributed by atoms with Crippen LogP contribution >= 0.6 is 24.0 Å². The molecule has 0 aromatic heterocycles.